The Morgan fingerprint density at radius 2 is 1.77 bits per heavy atom. The summed E-state index contributed by atoms with van der Waals surface area (Å²) in [6.07, 6.45) is 2.37. The summed E-state index contributed by atoms with van der Waals surface area (Å²) in [5.41, 5.74) is 0. The lowest BCUT2D eigenvalue weighted by molar-refractivity contribution is 0.129. The molecule has 30 heavy (non-hydrogen) atoms. The Balaban J connectivity index is 0.00000320. The van der Waals surface area contributed by atoms with E-state index in [-0.39, 0.29) is 24.0 Å². The largest absolute Gasteiger partial charge is 0.490 e. The Bertz CT molecular complexity index is 613. The monoisotopic (exact) mass is 529 g/mol. The maximum atomic E-state index is 6.14. The molecule has 3 rings (SSSR count). The van der Waals surface area contributed by atoms with Gasteiger partial charge in [-0.1, -0.05) is 25.1 Å². The first kappa shape index (κ1) is 25.2. The minimum absolute atomic E-state index is 0. The van der Waals surface area contributed by atoms with Gasteiger partial charge in [-0.3, -0.25) is 4.99 Å². The summed E-state index contributed by atoms with van der Waals surface area (Å²) in [5, 5.41) is 3.50. The molecule has 2 saturated heterocycles. The van der Waals surface area contributed by atoms with Crippen molar-refractivity contribution in [2.75, 3.05) is 66.0 Å². The molecule has 0 radical (unpaired) electrons. The van der Waals surface area contributed by atoms with Gasteiger partial charge in [0, 0.05) is 71.7 Å². The highest BCUT2D eigenvalue weighted by Gasteiger charge is 2.23. The second-order valence-corrected chi connectivity index (χ2v) is 8.52. The minimum atomic E-state index is 0. The SMILES string of the molecule is CCNC(=NCC(C)CN1CCN(C)CC1)N1CCC(Oc2ccccc2)CC1.I. The van der Waals surface area contributed by atoms with E-state index in [2.05, 4.69) is 40.9 Å². The molecule has 1 aromatic carbocycles. The normalized spacial score (nSPS) is 20.5. The number of aliphatic imine (C=N–C) groups is 1. The molecule has 0 spiro atoms. The van der Waals surface area contributed by atoms with Gasteiger partial charge in [0.05, 0.1) is 0 Å². The first-order valence-corrected chi connectivity index (χ1v) is 11.3. The van der Waals surface area contributed by atoms with Crippen molar-refractivity contribution in [1.29, 1.82) is 0 Å². The zero-order valence-corrected chi connectivity index (χ0v) is 21.3. The molecule has 7 heteroatoms. The number of nitrogens with zero attached hydrogens (tertiary/aromatic N) is 4. The van der Waals surface area contributed by atoms with Gasteiger partial charge in [0.25, 0.3) is 0 Å². The number of hydrogen-bond donors (Lipinski definition) is 1. The number of piperazine rings is 1. The molecule has 0 aromatic heterocycles. The Kier molecular flexibility index (Phi) is 11.2. The van der Waals surface area contributed by atoms with Crippen molar-refractivity contribution in [3.8, 4) is 5.75 Å². The third-order valence-corrected chi connectivity index (χ3v) is 5.84. The first-order valence-electron chi connectivity index (χ1n) is 11.3. The highest BCUT2D eigenvalue weighted by Crippen LogP contribution is 2.18. The van der Waals surface area contributed by atoms with Crippen molar-refractivity contribution in [3.63, 3.8) is 0 Å². The second kappa shape index (κ2) is 13.4. The molecule has 2 fully saturated rings. The molecule has 1 aromatic rings. The number of ether oxygens (including phenoxy) is 1. The van der Waals surface area contributed by atoms with E-state index in [0.717, 1.165) is 57.3 Å². The summed E-state index contributed by atoms with van der Waals surface area (Å²) in [4.78, 5) is 12.4. The number of para-hydroxylation sites is 1. The Morgan fingerprint density at radius 1 is 1.10 bits per heavy atom. The van der Waals surface area contributed by atoms with Crippen LogP contribution in [-0.4, -0.2) is 92.7 Å². The molecule has 2 aliphatic heterocycles. The van der Waals surface area contributed by atoms with E-state index in [9.17, 15) is 0 Å². The van der Waals surface area contributed by atoms with E-state index in [0.29, 0.717) is 12.0 Å². The number of guanidine groups is 1. The lowest BCUT2D eigenvalue weighted by Crippen LogP contribution is -2.48. The average Bonchev–Trinajstić information content (AvgIpc) is 2.74. The van der Waals surface area contributed by atoms with Crippen LogP contribution in [0.4, 0.5) is 0 Å². The predicted molar refractivity (Wildman–Crippen MR) is 136 cm³/mol. The smallest absolute Gasteiger partial charge is 0.193 e. The highest BCUT2D eigenvalue weighted by molar-refractivity contribution is 14.0. The molecule has 1 unspecified atom stereocenters. The van der Waals surface area contributed by atoms with E-state index in [1.54, 1.807) is 0 Å². The molecule has 1 N–H and O–H groups in total. The van der Waals surface area contributed by atoms with E-state index in [4.69, 9.17) is 9.73 Å². The van der Waals surface area contributed by atoms with Crippen LogP contribution in [0.5, 0.6) is 5.75 Å². The molecule has 0 aliphatic carbocycles. The topological polar surface area (TPSA) is 43.3 Å². The third-order valence-electron chi connectivity index (χ3n) is 5.84. The van der Waals surface area contributed by atoms with Gasteiger partial charge in [-0.2, -0.15) is 0 Å². The molecular weight excluding hydrogens is 489 g/mol. The Morgan fingerprint density at radius 3 is 2.40 bits per heavy atom. The van der Waals surface area contributed by atoms with E-state index in [1.807, 2.05) is 30.3 Å². The average molecular weight is 530 g/mol. The zero-order valence-electron chi connectivity index (χ0n) is 18.9. The lowest BCUT2D eigenvalue weighted by atomic mass is 10.1. The number of benzene rings is 1. The third kappa shape index (κ3) is 8.23. The number of nitrogens with one attached hydrogen (secondary N) is 1. The number of hydrogen-bond acceptors (Lipinski definition) is 4. The van der Waals surface area contributed by atoms with E-state index in [1.165, 1.54) is 26.2 Å². The molecule has 170 valence electrons. The van der Waals surface area contributed by atoms with Gasteiger partial charge in [0.15, 0.2) is 5.96 Å². The first-order chi connectivity index (χ1) is 14.1. The van der Waals surface area contributed by atoms with Gasteiger partial charge in [0.1, 0.15) is 11.9 Å². The van der Waals surface area contributed by atoms with Crippen LogP contribution in [0.25, 0.3) is 0 Å². The van der Waals surface area contributed by atoms with Gasteiger partial charge in [-0.05, 0) is 32.0 Å². The van der Waals surface area contributed by atoms with Crippen LogP contribution in [0, 0.1) is 5.92 Å². The number of halogens is 1. The van der Waals surface area contributed by atoms with Gasteiger partial charge < -0.3 is 24.8 Å². The summed E-state index contributed by atoms with van der Waals surface area (Å²) in [6, 6.07) is 10.2. The van der Waals surface area contributed by atoms with Gasteiger partial charge in [-0.15, -0.1) is 24.0 Å². The molecule has 1 atom stereocenters. The molecule has 2 heterocycles. The fourth-order valence-corrected chi connectivity index (χ4v) is 4.07. The van der Waals surface area contributed by atoms with Gasteiger partial charge in [0.2, 0.25) is 0 Å². The van der Waals surface area contributed by atoms with E-state index >= 15 is 0 Å². The molecule has 6 nitrogen and oxygen atoms in total. The minimum Gasteiger partial charge on any atom is -0.490 e. The second-order valence-electron chi connectivity index (χ2n) is 8.52. The summed E-state index contributed by atoms with van der Waals surface area (Å²) in [7, 11) is 2.21. The van der Waals surface area contributed by atoms with Crippen molar-refractivity contribution in [2.24, 2.45) is 10.9 Å². The fourth-order valence-electron chi connectivity index (χ4n) is 4.07. The summed E-state index contributed by atoms with van der Waals surface area (Å²) < 4.78 is 6.14. The van der Waals surface area contributed by atoms with Gasteiger partial charge in [-0.25, -0.2) is 0 Å². The fraction of sp³-hybridized carbons (Fsp3) is 0.696. The molecule has 2 aliphatic rings. The van der Waals surface area contributed by atoms with Crippen LogP contribution in [0.2, 0.25) is 0 Å². The summed E-state index contributed by atoms with van der Waals surface area (Å²) in [6.45, 7) is 14.1. The summed E-state index contributed by atoms with van der Waals surface area (Å²) >= 11 is 0. The zero-order chi connectivity index (χ0) is 20.5. The Labute approximate surface area is 200 Å². The number of likely N-dealkylation sites (N-methyl/N-ethyl adjacent to an activating group) is 1. The summed E-state index contributed by atoms with van der Waals surface area (Å²) in [5.74, 6) is 2.62. The van der Waals surface area contributed by atoms with Gasteiger partial charge >= 0.3 is 0 Å². The highest BCUT2D eigenvalue weighted by atomic mass is 127. The van der Waals surface area contributed by atoms with Crippen LogP contribution in [0.3, 0.4) is 0 Å². The molecular formula is C23H40IN5O. The van der Waals surface area contributed by atoms with Crippen LogP contribution in [0.1, 0.15) is 26.7 Å². The lowest BCUT2D eigenvalue weighted by Gasteiger charge is -2.35. The maximum Gasteiger partial charge on any atom is 0.193 e. The van der Waals surface area contributed by atoms with Crippen molar-refractivity contribution in [1.82, 2.24) is 20.0 Å². The molecule has 0 bridgehead atoms. The van der Waals surface area contributed by atoms with Crippen LogP contribution in [-0.2, 0) is 0 Å². The van der Waals surface area contributed by atoms with Crippen molar-refractivity contribution in [2.45, 2.75) is 32.8 Å². The van der Waals surface area contributed by atoms with Crippen LogP contribution in [0.15, 0.2) is 35.3 Å². The maximum absolute atomic E-state index is 6.14. The van der Waals surface area contributed by atoms with Crippen LogP contribution < -0.4 is 10.1 Å². The number of piperidine rings is 1. The molecule has 0 saturated carbocycles. The Hall–Kier alpha value is -1.06. The van der Waals surface area contributed by atoms with Crippen LogP contribution >= 0.6 is 24.0 Å². The molecule has 0 amide bonds. The predicted octanol–water partition coefficient (Wildman–Crippen LogP) is 3.00. The van der Waals surface area contributed by atoms with Crippen molar-refractivity contribution < 1.29 is 4.74 Å². The van der Waals surface area contributed by atoms with Crippen molar-refractivity contribution in [3.05, 3.63) is 30.3 Å². The van der Waals surface area contributed by atoms with Crippen molar-refractivity contribution >= 4 is 29.9 Å². The number of rotatable bonds is 7. The quantitative estimate of drug-likeness (QED) is 0.334. The standard InChI is InChI=1S/C23H39N5O.HI/c1-4-24-23(25-18-20(2)19-27-16-14-26(3)15-17-27)28-12-10-22(11-13-28)29-21-8-6-5-7-9-21;/h5-9,20,22H,4,10-19H2,1-3H3,(H,24,25);1H. The van der Waals surface area contributed by atoms with E-state index < -0.39 is 0 Å². The number of likely N-dealkylation sites (tertiary alicyclic amines) is 1.